The van der Waals surface area contributed by atoms with Gasteiger partial charge in [-0.2, -0.15) is 0 Å². The van der Waals surface area contributed by atoms with E-state index in [0.29, 0.717) is 0 Å². The molecule has 4 heterocycles. The van der Waals surface area contributed by atoms with Gasteiger partial charge in [-0.3, -0.25) is 0 Å². The Balaban J connectivity index is 1.17. The Labute approximate surface area is 255 Å². The van der Waals surface area contributed by atoms with Gasteiger partial charge in [-0.15, -0.1) is 45.3 Å². The highest BCUT2D eigenvalue weighted by atomic mass is 32.1. The Morgan fingerprint density at radius 2 is 0.643 bits per heavy atom. The molecule has 0 aliphatic heterocycles. The van der Waals surface area contributed by atoms with Crippen LogP contribution in [0, 0.1) is 0 Å². The van der Waals surface area contributed by atoms with Gasteiger partial charge in [0.05, 0.1) is 0 Å². The minimum Gasteiger partial charge on any atom is -0.144 e. The lowest BCUT2D eigenvalue weighted by molar-refractivity contribution is 1.90. The third-order valence-electron chi connectivity index (χ3n) is 9.08. The lowest BCUT2D eigenvalue weighted by Gasteiger charge is -2.04. The van der Waals surface area contributed by atoms with Crippen molar-refractivity contribution in [2.45, 2.75) is 0 Å². The molecule has 0 unspecified atom stereocenters. The van der Waals surface area contributed by atoms with E-state index in [4.69, 9.17) is 0 Å². The van der Waals surface area contributed by atoms with E-state index in [9.17, 15) is 0 Å². The molecule has 0 aliphatic rings. The van der Waals surface area contributed by atoms with Gasteiger partial charge in [-0.25, -0.2) is 0 Å². The molecule has 0 spiro atoms. The summed E-state index contributed by atoms with van der Waals surface area (Å²) in [6.07, 6.45) is 0. The molecule has 0 nitrogen and oxygen atoms in total. The molecule has 0 saturated carbocycles. The third-order valence-corrected chi connectivity index (χ3v) is 13.2. The fourth-order valence-electron chi connectivity index (χ4n) is 7.03. The number of benzene rings is 7. The van der Waals surface area contributed by atoms with Gasteiger partial charge >= 0.3 is 0 Å². The summed E-state index contributed by atoms with van der Waals surface area (Å²) in [6, 6.07) is 37.7. The second kappa shape index (κ2) is 7.85. The second-order valence-electron chi connectivity index (χ2n) is 11.4. The van der Waals surface area contributed by atoms with Gasteiger partial charge in [0.2, 0.25) is 0 Å². The van der Waals surface area contributed by atoms with Crippen molar-refractivity contribution in [3.63, 3.8) is 0 Å². The van der Waals surface area contributed by atoms with Crippen LogP contribution < -0.4 is 0 Å². The van der Waals surface area contributed by atoms with Crippen LogP contribution in [0.15, 0.2) is 108 Å². The summed E-state index contributed by atoms with van der Waals surface area (Å²) >= 11 is 7.53. The van der Waals surface area contributed by atoms with Crippen LogP contribution in [0.4, 0.5) is 0 Å². The van der Waals surface area contributed by atoms with E-state index in [0.717, 1.165) is 0 Å². The molecule has 0 radical (unpaired) electrons. The zero-order valence-corrected chi connectivity index (χ0v) is 25.3. The van der Waals surface area contributed by atoms with Crippen molar-refractivity contribution in [2.75, 3.05) is 0 Å². The minimum absolute atomic E-state index is 1.32. The first-order chi connectivity index (χ1) is 20.7. The molecule has 0 N–H and O–H groups in total. The number of hydrogen-bond donors (Lipinski definition) is 0. The molecule has 4 aromatic heterocycles. The highest BCUT2D eigenvalue weighted by Gasteiger charge is 2.15. The molecule has 194 valence electrons. The summed E-state index contributed by atoms with van der Waals surface area (Å²) in [6.45, 7) is 0. The average molecular weight is 603 g/mol. The maximum Gasteiger partial charge on any atom is 0.0434 e. The summed E-state index contributed by atoms with van der Waals surface area (Å²) in [5.74, 6) is 0. The largest absolute Gasteiger partial charge is 0.144 e. The van der Waals surface area contributed by atoms with Crippen LogP contribution >= 0.6 is 45.3 Å². The van der Waals surface area contributed by atoms with Gasteiger partial charge in [0.25, 0.3) is 0 Å². The van der Waals surface area contributed by atoms with E-state index < -0.39 is 0 Å². The molecule has 0 atom stereocenters. The Morgan fingerprint density at radius 3 is 1.14 bits per heavy atom. The maximum atomic E-state index is 2.42. The number of fused-ring (bicyclic) bond motifs is 14. The Hall–Kier alpha value is -4.06. The van der Waals surface area contributed by atoms with E-state index in [1.807, 2.05) is 45.3 Å². The molecule has 42 heavy (non-hydrogen) atoms. The van der Waals surface area contributed by atoms with Crippen LogP contribution in [-0.2, 0) is 0 Å². The van der Waals surface area contributed by atoms with E-state index >= 15 is 0 Å². The zero-order valence-electron chi connectivity index (χ0n) is 22.0. The van der Waals surface area contributed by atoms with Gasteiger partial charge < -0.3 is 0 Å². The zero-order chi connectivity index (χ0) is 27.1. The Morgan fingerprint density at radius 1 is 0.286 bits per heavy atom. The number of hydrogen-bond acceptors (Lipinski definition) is 4. The van der Waals surface area contributed by atoms with Gasteiger partial charge in [0.15, 0.2) is 0 Å². The first-order valence-corrected chi connectivity index (χ1v) is 17.4. The normalized spacial score (nSPS) is 12.8. The maximum absolute atomic E-state index is 2.42. The van der Waals surface area contributed by atoms with E-state index in [2.05, 4.69) is 108 Å². The van der Waals surface area contributed by atoms with Crippen LogP contribution in [0.25, 0.3) is 104 Å². The monoisotopic (exact) mass is 602 g/mol. The van der Waals surface area contributed by atoms with Crippen LogP contribution in [0.1, 0.15) is 0 Å². The van der Waals surface area contributed by atoms with Crippen molar-refractivity contribution in [1.29, 1.82) is 0 Å². The van der Waals surface area contributed by atoms with Crippen molar-refractivity contribution >= 4 is 149 Å². The fourth-order valence-corrected chi connectivity index (χ4v) is 11.2. The molecule has 0 bridgehead atoms. The molecular weight excluding hydrogens is 585 g/mol. The van der Waals surface area contributed by atoms with Crippen LogP contribution in [0.3, 0.4) is 0 Å². The van der Waals surface area contributed by atoms with E-state index in [1.54, 1.807) is 0 Å². The predicted octanol–water partition coefficient (Wildman–Crippen LogP) is 13.5. The molecule has 7 aromatic carbocycles. The second-order valence-corrected chi connectivity index (χ2v) is 15.4. The lowest BCUT2D eigenvalue weighted by Crippen LogP contribution is -1.78. The summed E-state index contributed by atoms with van der Waals surface area (Å²) in [5, 5.41) is 23.2. The van der Waals surface area contributed by atoms with E-state index in [1.165, 1.54) is 104 Å². The molecule has 11 aromatic rings. The van der Waals surface area contributed by atoms with E-state index in [-0.39, 0.29) is 0 Å². The molecule has 0 saturated heterocycles. The first-order valence-electron chi connectivity index (χ1n) is 14.0. The van der Waals surface area contributed by atoms with Crippen molar-refractivity contribution in [3.05, 3.63) is 108 Å². The smallest absolute Gasteiger partial charge is 0.0434 e. The lowest BCUT2D eigenvalue weighted by atomic mass is 9.99. The number of rotatable bonds is 0. The van der Waals surface area contributed by atoms with Gasteiger partial charge in [0.1, 0.15) is 0 Å². The molecule has 11 rings (SSSR count). The standard InChI is InChI=1S/C38H18S4/c1-3-29-31-13-22-12-24-15-33-19(5-7-39-33)9-21(24)11-25(22)18-36(31)42-37(29)27-2-4-30-32-14-26-16-34-20(6-8-40-34)10-23(26)17-35(32)41-38(30)28(1)27/h1-18H. The van der Waals surface area contributed by atoms with Gasteiger partial charge in [0, 0.05) is 60.5 Å². The summed E-state index contributed by atoms with van der Waals surface area (Å²) in [4.78, 5) is 0. The summed E-state index contributed by atoms with van der Waals surface area (Å²) in [5.41, 5.74) is 0. The first kappa shape index (κ1) is 22.5. The third kappa shape index (κ3) is 2.95. The van der Waals surface area contributed by atoms with Gasteiger partial charge in [-0.1, -0.05) is 24.3 Å². The predicted molar refractivity (Wildman–Crippen MR) is 193 cm³/mol. The fraction of sp³-hybridized carbons (Fsp3) is 0. The van der Waals surface area contributed by atoms with Crippen LogP contribution in [0.5, 0.6) is 0 Å². The summed E-state index contributed by atoms with van der Waals surface area (Å²) in [7, 11) is 0. The quantitative estimate of drug-likeness (QED) is 0.151. The number of thiophene rings is 4. The van der Waals surface area contributed by atoms with Crippen molar-refractivity contribution in [3.8, 4) is 0 Å². The average Bonchev–Trinajstić information content (AvgIpc) is 3.79. The molecule has 0 fully saturated rings. The van der Waals surface area contributed by atoms with Crippen molar-refractivity contribution in [1.82, 2.24) is 0 Å². The van der Waals surface area contributed by atoms with Gasteiger partial charge in [-0.05, 0) is 127 Å². The molecule has 4 heteroatoms. The topological polar surface area (TPSA) is 0 Å². The van der Waals surface area contributed by atoms with Crippen molar-refractivity contribution in [2.24, 2.45) is 0 Å². The SMILES string of the molecule is c1cc2cc3cc4cc5sc6c(ccc7c6ccc6c8cc9cc%10sccc%10cc9cc8sc67)c5cc4cc3cc2s1. The molecule has 0 amide bonds. The Bertz CT molecular complexity index is 2930. The summed E-state index contributed by atoms with van der Waals surface area (Å²) < 4.78 is 8.25. The molecular formula is C38H18S4. The van der Waals surface area contributed by atoms with Crippen LogP contribution in [0.2, 0.25) is 0 Å². The Kier molecular flexibility index (Phi) is 4.21. The molecule has 0 aliphatic carbocycles. The van der Waals surface area contributed by atoms with Crippen LogP contribution in [-0.4, -0.2) is 0 Å². The minimum atomic E-state index is 1.32. The highest BCUT2D eigenvalue weighted by Crippen LogP contribution is 2.46. The van der Waals surface area contributed by atoms with Crippen molar-refractivity contribution < 1.29 is 0 Å². The highest BCUT2D eigenvalue weighted by molar-refractivity contribution is 7.28.